The molecule has 1 saturated heterocycles. The number of hydrogen-bond acceptors (Lipinski definition) is 3. The quantitative estimate of drug-likeness (QED) is 0.840. The van der Waals surface area contributed by atoms with Crippen molar-refractivity contribution in [1.29, 1.82) is 0 Å². The van der Waals surface area contributed by atoms with E-state index in [4.69, 9.17) is 4.74 Å². The van der Waals surface area contributed by atoms with Gasteiger partial charge in [0.05, 0.1) is 11.8 Å². The predicted molar refractivity (Wildman–Crippen MR) is 97.6 cm³/mol. The average Bonchev–Trinajstić information content (AvgIpc) is 3.02. The summed E-state index contributed by atoms with van der Waals surface area (Å²) >= 11 is 0. The highest BCUT2D eigenvalue weighted by Gasteiger charge is 2.33. The summed E-state index contributed by atoms with van der Waals surface area (Å²) in [5.74, 6) is 0.388. The number of amides is 1. The van der Waals surface area contributed by atoms with Crippen LogP contribution in [0.4, 0.5) is 0 Å². The summed E-state index contributed by atoms with van der Waals surface area (Å²) in [5.41, 5.74) is 2.87. The Labute approximate surface area is 149 Å². The number of likely N-dealkylation sites (tertiary alicyclic amines) is 1. The topological polar surface area (TPSA) is 47.4 Å². The zero-order valence-electron chi connectivity index (χ0n) is 15.3. The number of carbonyl (C=O) groups excluding carboxylic acids is 1. The molecule has 5 heteroatoms. The zero-order valence-corrected chi connectivity index (χ0v) is 15.3. The van der Waals surface area contributed by atoms with Gasteiger partial charge < -0.3 is 9.64 Å². The Hall–Kier alpha value is -2.14. The summed E-state index contributed by atoms with van der Waals surface area (Å²) in [6.07, 6.45) is 2.00. The predicted octanol–water partition coefficient (Wildman–Crippen LogP) is 2.93. The maximum absolute atomic E-state index is 13.0. The Kier molecular flexibility index (Phi) is 5.53. The first-order valence-corrected chi connectivity index (χ1v) is 9.02. The molecule has 1 aliphatic heterocycles. The first kappa shape index (κ1) is 17.7. The van der Waals surface area contributed by atoms with Crippen molar-refractivity contribution in [3.8, 4) is 0 Å². The fraction of sp³-hybridized carbons (Fsp3) is 0.500. The van der Waals surface area contributed by atoms with E-state index in [0.717, 1.165) is 31.6 Å². The standard InChI is InChI=1S/C20H27N3O2/c1-4-23-18(12-15(2)21-23)20(24)22-11-10-19(25-3)17(14-22)13-16-8-6-5-7-9-16/h5-9,12,17,19H,4,10-11,13-14H2,1-3H3/t17-,19+/m0/s1. The van der Waals surface area contributed by atoms with Gasteiger partial charge in [-0.15, -0.1) is 0 Å². The van der Waals surface area contributed by atoms with Gasteiger partial charge in [0.25, 0.3) is 5.91 Å². The molecule has 1 aromatic carbocycles. The number of methoxy groups -OCH3 is 1. The molecule has 0 saturated carbocycles. The highest BCUT2D eigenvalue weighted by molar-refractivity contribution is 5.92. The van der Waals surface area contributed by atoms with E-state index in [0.29, 0.717) is 18.2 Å². The van der Waals surface area contributed by atoms with Crippen LogP contribution in [0, 0.1) is 12.8 Å². The van der Waals surface area contributed by atoms with Crippen LogP contribution in [0.5, 0.6) is 0 Å². The van der Waals surface area contributed by atoms with Crippen molar-refractivity contribution in [2.45, 2.75) is 39.3 Å². The van der Waals surface area contributed by atoms with Crippen LogP contribution in [0.1, 0.15) is 35.1 Å². The Morgan fingerprint density at radius 2 is 2.08 bits per heavy atom. The third-order valence-electron chi connectivity index (χ3n) is 5.02. The van der Waals surface area contributed by atoms with E-state index in [2.05, 4.69) is 29.4 Å². The van der Waals surface area contributed by atoms with Crippen LogP contribution in [0.3, 0.4) is 0 Å². The highest BCUT2D eigenvalue weighted by atomic mass is 16.5. The third kappa shape index (κ3) is 3.93. The van der Waals surface area contributed by atoms with Gasteiger partial charge in [-0.05, 0) is 38.3 Å². The summed E-state index contributed by atoms with van der Waals surface area (Å²) in [4.78, 5) is 15.0. The smallest absolute Gasteiger partial charge is 0.272 e. The lowest BCUT2D eigenvalue weighted by Gasteiger charge is -2.38. The van der Waals surface area contributed by atoms with Gasteiger partial charge in [0.2, 0.25) is 0 Å². The van der Waals surface area contributed by atoms with Crippen LogP contribution >= 0.6 is 0 Å². The third-order valence-corrected chi connectivity index (χ3v) is 5.02. The molecule has 1 aromatic heterocycles. The molecule has 134 valence electrons. The van der Waals surface area contributed by atoms with Crippen molar-refractivity contribution in [3.63, 3.8) is 0 Å². The number of hydrogen-bond donors (Lipinski definition) is 0. The second-order valence-corrected chi connectivity index (χ2v) is 6.75. The lowest BCUT2D eigenvalue weighted by Crippen LogP contribution is -2.47. The van der Waals surface area contributed by atoms with E-state index < -0.39 is 0 Å². The van der Waals surface area contributed by atoms with Gasteiger partial charge in [0.15, 0.2) is 0 Å². The number of ether oxygens (including phenoxy) is 1. The van der Waals surface area contributed by atoms with Crippen LogP contribution in [-0.2, 0) is 17.7 Å². The van der Waals surface area contributed by atoms with E-state index in [1.165, 1.54) is 5.56 Å². The van der Waals surface area contributed by atoms with Crippen LogP contribution in [0.15, 0.2) is 36.4 Å². The van der Waals surface area contributed by atoms with E-state index >= 15 is 0 Å². The molecule has 25 heavy (non-hydrogen) atoms. The fourth-order valence-electron chi connectivity index (χ4n) is 3.74. The molecule has 0 aliphatic carbocycles. The second kappa shape index (κ2) is 7.83. The zero-order chi connectivity index (χ0) is 17.8. The summed E-state index contributed by atoms with van der Waals surface area (Å²) in [7, 11) is 1.77. The lowest BCUT2D eigenvalue weighted by atomic mass is 9.88. The Bertz CT molecular complexity index is 711. The summed E-state index contributed by atoms with van der Waals surface area (Å²) in [5, 5.41) is 4.41. The number of rotatable bonds is 5. The maximum Gasteiger partial charge on any atom is 0.272 e. The van der Waals surface area contributed by atoms with Gasteiger partial charge in [0, 0.05) is 32.7 Å². The summed E-state index contributed by atoms with van der Waals surface area (Å²) in [6, 6.07) is 12.3. The maximum atomic E-state index is 13.0. The molecule has 0 radical (unpaired) electrons. The van der Waals surface area contributed by atoms with Gasteiger partial charge in [-0.25, -0.2) is 0 Å². The number of nitrogens with zero attached hydrogens (tertiary/aromatic N) is 3. The van der Waals surface area contributed by atoms with Crippen molar-refractivity contribution >= 4 is 5.91 Å². The normalized spacial score (nSPS) is 20.7. The molecular weight excluding hydrogens is 314 g/mol. The minimum atomic E-state index is 0.0788. The van der Waals surface area contributed by atoms with Gasteiger partial charge in [-0.1, -0.05) is 30.3 Å². The molecule has 1 amide bonds. The van der Waals surface area contributed by atoms with Crippen molar-refractivity contribution in [3.05, 3.63) is 53.3 Å². The number of piperidine rings is 1. The minimum Gasteiger partial charge on any atom is -0.381 e. The Morgan fingerprint density at radius 3 is 2.76 bits per heavy atom. The molecule has 5 nitrogen and oxygen atoms in total. The van der Waals surface area contributed by atoms with Crippen LogP contribution < -0.4 is 0 Å². The molecule has 0 spiro atoms. The van der Waals surface area contributed by atoms with Crippen molar-refractivity contribution < 1.29 is 9.53 Å². The molecule has 1 aliphatic rings. The first-order chi connectivity index (χ1) is 12.1. The molecule has 1 fully saturated rings. The van der Waals surface area contributed by atoms with Gasteiger partial charge in [0.1, 0.15) is 5.69 Å². The molecule has 0 N–H and O–H groups in total. The SMILES string of the molecule is CCn1nc(C)cc1C(=O)N1CC[C@@H](OC)[C@@H](Cc2ccccc2)C1. The molecule has 2 aromatic rings. The largest absolute Gasteiger partial charge is 0.381 e. The van der Waals surface area contributed by atoms with Crippen molar-refractivity contribution in [2.75, 3.05) is 20.2 Å². The summed E-state index contributed by atoms with van der Waals surface area (Å²) < 4.78 is 7.50. The molecule has 3 rings (SSSR count). The number of carbonyl (C=O) groups is 1. The van der Waals surface area contributed by atoms with E-state index in [-0.39, 0.29) is 12.0 Å². The molecule has 0 bridgehead atoms. The van der Waals surface area contributed by atoms with Crippen LogP contribution in [0.25, 0.3) is 0 Å². The van der Waals surface area contributed by atoms with Gasteiger partial charge in [-0.2, -0.15) is 5.10 Å². The second-order valence-electron chi connectivity index (χ2n) is 6.75. The molecular formula is C20H27N3O2. The van der Waals surface area contributed by atoms with Crippen LogP contribution in [-0.4, -0.2) is 46.9 Å². The van der Waals surface area contributed by atoms with E-state index in [1.54, 1.807) is 11.8 Å². The van der Waals surface area contributed by atoms with E-state index in [9.17, 15) is 4.79 Å². The molecule has 2 atom stereocenters. The lowest BCUT2D eigenvalue weighted by molar-refractivity contribution is -0.00334. The highest BCUT2D eigenvalue weighted by Crippen LogP contribution is 2.25. The van der Waals surface area contributed by atoms with Gasteiger partial charge in [-0.3, -0.25) is 9.48 Å². The monoisotopic (exact) mass is 341 g/mol. The number of benzene rings is 1. The van der Waals surface area contributed by atoms with Crippen molar-refractivity contribution in [1.82, 2.24) is 14.7 Å². The average molecular weight is 341 g/mol. The fourth-order valence-corrected chi connectivity index (χ4v) is 3.74. The minimum absolute atomic E-state index is 0.0788. The van der Waals surface area contributed by atoms with Crippen molar-refractivity contribution in [2.24, 2.45) is 5.92 Å². The molecule has 2 heterocycles. The summed E-state index contributed by atoms with van der Waals surface area (Å²) in [6.45, 7) is 6.10. The number of aromatic nitrogens is 2. The first-order valence-electron chi connectivity index (χ1n) is 9.02. The Morgan fingerprint density at radius 1 is 1.32 bits per heavy atom. The molecule has 0 unspecified atom stereocenters. The van der Waals surface area contributed by atoms with E-state index in [1.807, 2.05) is 30.9 Å². The Balaban J connectivity index is 1.75. The van der Waals surface area contributed by atoms with Gasteiger partial charge >= 0.3 is 0 Å². The number of aryl methyl sites for hydroxylation is 2. The van der Waals surface area contributed by atoms with Crippen LogP contribution in [0.2, 0.25) is 0 Å².